The van der Waals surface area contributed by atoms with Crippen LogP contribution in [0.3, 0.4) is 0 Å². The molecule has 0 fully saturated rings. The minimum atomic E-state index is 0.330. The van der Waals surface area contributed by atoms with Crippen molar-refractivity contribution in [3.63, 3.8) is 0 Å². The van der Waals surface area contributed by atoms with Gasteiger partial charge in [-0.1, -0.05) is 12.2 Å². The van der Waals surface area contributed by atoms with Crippen LogP contribution in [0.15, 0.2) is 5.38 Å². The lowest BCUT2D eigenvalue weighted by Gasteiger charge is -1.86. The van der Waals surface area contributed by atoms with E-state index in [4.69, 9.17) is 23.7 Å². The van der Waals surface area contributed by atoms with Crippen molar-refractivity contribution in [2.24, 2.45) is 11.5 Å². The molecule has 0 aromatic carbocycles. The molecule has 0 amide bonds. The van der Waals surface area contributed by atoms with Gasteiger partial charge in [-0.2, -0.15) is 0 Å². The number of hydrogen-bond donors (Lipinski definition) is 2. The van der Waals surface area contributed by atoms with Crippen molar-refractivity contribution in [1.82, 2.24) is 4.98 Å². The summed E-state index contributed by atoms with van der Waals surface area (Å²) in [6.45, 7) is 0.452. The number of thiocarbonyl (C=S) groups is 1. The zero-order chi connectivity index (χ0) is 7.56. The maximum absolute atomic E-state index is 5.33. The van der Waals surface area contributed by atoms with Gasteiger partial charge < -0.3 is 11.5 Å². The number of nitrogens with zero attached hydrogens (tertiary/aromatic N) is 1. The van der Waals surface area contributed by atoms with Crippen LogP contribution in [0.5, 0.6) is 0 Å². The molecule has 1 rings (SSSR count). The van der Waals surface area contributed by atoms with Crippen molar-refractivity contribution in [2.75, 3.05) is 0 Å². The van der Waals surface area contributed by atoms with Gasteiger partial charge in [0.05, 0.1) is 0 Å². The van der Waals surface area contributed by atoms with Crippen molar-refractivity contribution < 1.29 is 0 Å². The minimum Gasteiger partial charge on any atom is -0.388 e. The summed E-state index contributed by atoms with van der Waals surface area (Å²) in [5, 5.41) is 2.67. The molecule has 3 nitrogen and oxygen atoms in total. The highest BCUT2D eigenvalue weighted by molar-refractivity contribution is 7.80. The fourth-order valence-electron chi connectivity index (χ4n) is 0.518. The summed E-state index contributed by atoms with van der Waals surface area (Å²) in [5.41, 5.74) is 11.3. The van der Waals surface area contributed by atoms with E-state index in [-0.39, 0.29) is 0 Å². The Hall–Kier alpha value is -0.520. The zero-order valence-corrected chi connectivity index (χ0v) is 6.84. The summed E-state index contributed by atoms with van der Waals surface area (Å²) in [6, 6.07) is 0. The second-order valence-corrected chi connectivity index (χ2v) is 3.08. The molecule has 1 aromatic heterocycles. The molecule has 54 valence electrons. The molecular weight excluding hydrogens is 166 g/mol. The van der Waals surface area contributed by atoms with Gasteiger partial charge in [0.15, 0.2) is 0 Å². The summed E-state index contributed by atoms with van der Waals surface area (Å²) in [4.78, 5) is 4.39. The standard InChI is InChI=1S/C5H7N3S2/c6-1-4-8-3(2-10-4)5(7)9/h2H,1,6H2,(H2,7,9). The average Bonchev–Trinajstić information content (AvgIpc) is 2.34. The molecule has 0 spiro atoms. The van der Waals surface area contributed by atoms with E-state index in [1.165, 1.54) is 11.3 Å². The van der Waals surface area contributed by atoms with Gasteiger partial charge in [0.25, 0.3) is 0 Å². The van der Waals surface area contributed by atoms with Crippen molar-refractivity contribution in [3.05, 3.63) is 16.1 Å². The Balaban J connectivity index is 2.88. The van der Waals surface area contributed by atoms with Crippen LogP contribution in [-0.2, 0) is 6.54 Å². The van der Waals surface area contributed by atoms with Gasteiger partial charge in [0.1, 0.15) is 15.7 Å². The van der Waals surface area contributed by atoms with Gasteiger partial charge in [-0.05, 0) is 0 Å². The number of hydrogen-bond acceptors (Lipinski definition) is 4. The van der Waals surface area contributed by atoms with Crippen LogP contribution >= 0.6 is 23.6 Å². The topological polar surface area (TPSA) is 64.9 Å². The van der Waals surface area contributed by atoms with Crippen LogP contribution in [-0.4, -0.2) is 9.97 Å². The summed E-state index contributed by atoms with van der Waals surface area (Å²) >= 11 is 6.18. The predicted molar refractivity (Wildman–Crippen MR) is 45.9 cm³/mol. The molecular formula is C5H7N3S2. The van der Waals surface area contributed by atoms with E-state index in [0.29, 0.717) is 17.2 Å². The molecule has 4 N–H and O–H groups in total. The first kappa shape index (κ1) is 7.59. The number of nitrogens with two attached hydrogens (primary N) is 2. The van der Waals surface area contributed by atoms with Crippen LogP contribution in [0, 0.1) is 0 Å². The van der Waals surface area contributed by atoms with Gasteiger partial charge in [-0.25, -0.2) is 4.98 Å². The van der Waals surface area contributed by atoms with Crippen molar-refractivity contribution in [3.8, 4) is 0 Å². The van der Waals surface area contributed by atoms with E-state index >= 15 is 0 Å². The summed E-state index contributed by atoms with van der Waals surface area (Å²) in [7, 11) is 0. The Bertz CT molecular complexity index is 243. The Morgan fingerprint density at radius 3 is 2.80 bits per heavy atom. The SMILES string of the molecule is NCc1nc(C(N)=S)cs1. The van der Waals surface area contributed by atoms with E-state index in [1.54, 1.807) is 0 Å². The Morgan fingerprint density at radius 2 is 2.50 bits per heavy atom. The third kappa shape index (κ3) is 1.50. The first-order valence-corrected chi connectivity index (χ1v) is 3.97. The minimum absolute atomic E-state index is 0.330. The van der Waals surface area contributed by atoms with Gasteiger partial charge in [0, 0.05) is 11.9 Å². The first-order valence-electron chi connectivity index (χ1n) is 2.68. The fraction of sp³-hybridized carbons (Fsp3) is 0.200. The average molecular weight is 173 g/mol. The molecule has 0 unspecified atom stereocenters. The lowest BCUT2D eigenvalue weighted by atomic mass is 10.5. The van der Waals surface area contributed by atoms with E-state index in [9.17, 15) is 0 Å². The maximum Gasteiger partial charge on any atom is 0.123 e. The van der Waals surface area contributed by atoms with E-state index in [0.717, 1.165) is 5.01 Å². The number of thiazole rings is 1. The van der Waals surface area contributed by atoms with Crippen molar-refractivity contribution in [2.45, 2.75) is 6.54 Å². The summed E-state index contributed by atoms with van der Waals surface area (Å²) in [6.07, 6.45) is 0. The molecule has 0 aliphatic heterocycles. The molecule has 5 heteroatoms. The van der Waals surface area contributed by atoms with Crippen LogP contribution in [0.25, 0.3) is 0 Å². The molecule has 0 bridgehead atoms. The summed E-state index contributed by atoms with van der Waals surface area (Å²) in [5.74, 6) is 0. The Kier molecular flexibility index (Phi) is 2.31. The molecule has 0 aliphatic rings. The molecule has 0 atom stereocenters. The van der Waals surface area contributed by atoms with Gasteiger partial charge in [-0.15, -0.1) is 11.3 Å². The van der Waals surface area contributed by atoms with Crippen LogP contribution in [0.1, 0.15) is 10.7 Å². The van der Waals surface area contributed by atoms with Gasteiger partial charge >= 0.3 is 0 Å². The number of aromatic nitrogens is 1. The van der Waals surface area contributed by atoms with Crippen LogP contribution < -0.4 is 11.5 Å². The molecule has 0 aliphatic carbocycles. The third-order valence-electron chi connectivity index (χ3n) is 0.979. The molecule has 0 saturated carbocycles. The zero-order valence-electron chi connectivity index (χ0n) is 5.20. The van der Waals surface area contributed by atoms with Crippen molar-refractivity contribution in [1.29, 1.82) is 0 Å². The van der Waals surface area contributed by atoms with E-state index in [1.807, 2.05) is 5.38 Å². The van der Waals surface area contributed by atoms with Gasteiger partial charge in [-0.3, -0.25) is 0 Å². The molecule has 0 radical (unpaired) electrons. The molecule has 0 saturated heterocycles. The lowest BCUT2D eigenvalue weighted by molar-refractivity contribution is 1.03. The molecule has 1 aromatic rings. The highest BCUT2D eigenvalue weighted by Crippen LogP contribution is 2.07. The second-order valence-electron chi connectivity index (χ2n) is 1.69. The molecule has 1 heterocycles. The molecule has 10 heavy (non-hydrogen) atoms. The lowest BCUT2D eigenvalue weighted by Crippen LogP contribution is -2.10. The normalized spacial score (nSPS) is 9.70. The Morgan fingerprint density at radius 1 is 1.80 bits per heavy atom. The fourth-order valence-corrected chi connectivity index (χ4v) is 1.37. The largest absolute Gasteiger partial charge is 0.388 e. The first-order chi connectivity index (χ1) is 4.74. The third-order valence-corrected chi connectivity index (χ3v) is 2.06. The van der Waals surface area contributed by atoms with E-state index < -0.39 is 0 Å². The van der Waals surface area contributed by atoms with Gasteiger partial charge in [0.2, 0.25) is 0 Å². The van der Waals surface area contributed by atoms with Crippen LogP contribution in [0.4, 0.5) is 0 Å². The van der Waals surface area contributed by atoms with Crippen LogP contribution in [0.2, 0.25) is 0 Å². The highest BCUT2D eigenvalue weighted by Gasteiger charge is 2.00. The second kappa shape index (κ2) is 3.05. The maximum atomic E-state index is 5.33. The predicted octanol–water partition coefficient (Wildman–Crippen LogP) is 0.236. The summed E-state index contributed by atoms with van der Waals surface area (Å²) < 4.78 is 0. The smallest absolute Gasteiger partial charge is 0.123 e. The quantitative estimate of drug-likeness (QED) is 0.629. The van der Waals surface area contributed by atoms with Crippen molar-refractivity contribution >= 4 is 28.5 Å². The Labute approximate surface area is 68.1 Å². The highest BCUT2D eigenvalue weighted by atomic mass is 32.1. The number of rotatable bonds is 2. The van der Waals surface area contributed by atoms with E-state index in [2.05, 4.69) is 4.98 Å². The monoisotopic (exact) mass is 173 g/mol.